The van der Waals surface area contributed by atoms with Crippen molar-refractivity contribution in [3.8, 4) is 17.2 Å². The molecule has 0 saturated heterocycles. The number of carbonyl (C=O) groups excluding carboxylic acids is 1. The molecule has 18 heavy (non-hydrogen) atoms. The van der Waals surface area contributed by atoms with Crippen LogP contribution in [0.5, 0.6) is 17.2 Å². The number of ether oxygens (including phenoxy) is 3. The van der Waals surface area contributed by atoms with E-state index >= 15 is 0 Å². The Hall–Kier alpha value is -0.900. The lowest BCUT2D eigenvalue weighted by Gasteiger charge is -2.17. The van der Waals surface area contributed by atoms with Crippen LogP contribution >= 0.6 is 31.7 Å². The molecule has 0 bridgehead atoms. The number of benzene rings is 1. The lowest BCUT2D eigenvalue weighted by molar-refractivity contribution is 0.108. The molecule has 1 atom stereocenters. The summed E-state index contributed by atoms with van der Waals surface area (Å²) < 4.78 is 26.0. The second-order valence-corrected chi connectivity index (χ2v) is 4.60. The number of carbonyl (C=O) groups is 1. The van der Waals surface area contributed by atoms with E-state index in [0.29, 0.717) is 0 Å². The van der Waals surface area contributed by atoms with E-state index in [-0.39, 0.29) is 32.9 Å². The van der Waals surface area contributed by atoms with Gasteiger partial charge < -0.3 is 18.8 Å². The first-order valence-electron chi connectivity index (χ1n) is 4.69. The molecule has 0 radical (unpaired) electrons. The number of rotatable bonds is 5. The summed E-state index contributed by atoms with van der Waals surface area (Å²) in [6, 6.07) is 0. The third-order valence-electron chi connectivity index (χ3n) is 2.22. The van der Waals surface area contributed by atoms with E-state index in [1.54, 1.807) is 0 Å². The van der Waals surface area contributed by atoms with Crippen molar-refractivity contribution in [1.29, 1.82) is 0 Å². The van der Waals surface area contributed by atoms with E-state index in [4.69, 9.17) is 37.4 Å². The molecule has 100 valence electrons. The van der Waals surface area contributed by atoms with Crippen molar-refractivity contribution in [3.05, 3.63) is 15.6 Å². The molecule has 0 amide bonds. The Labute approximate surface area is 115 Å². The van der Waals surface area contributed by atoms with Gasteiger partial charge in [-0.1, -0.05) is 23.2 Å². The van der Waals surface area contributed by atoms with Crippen LogP contribution in [0.25, 0.3) is 0 Å². The zero-order chi connectivity index (χ0) is 13.9. The van der Waals surface area contributed by atoms with E-state index < -0.39 is 14.0 Å². The van der Waals surface area contributed by atoms with Crippen LogP contribution in [-0.2, 0) is 4.57 Å². The van der Waals surface area contributed by atoms with E-state index in [9.17, 15) is 9.36 Å². The molecular formula is C10H11Cl2O5P. The molecule has 0 aliphatic rings. The van der Waals surface area contributed by atoms with Gasteiger partial charge in [0.1, 0.15) is 8.46 Å². The SMILES string of the molecule is COc1c(Cl)c(C(=O)[PH2]=O)c(Cl)c(OC)c1OC. The van der Waals surface area contributed by atoms with Crippen LogP contribution in [0.15, 0.2) is 0 Å². The largest absolute Gasteiger partial charge is 0.491 e. The Morgan fingerprint density at radius 1 is 0.944 bits per heavy atom. The quantitative estimate of drug-likeness (QED) is 0.782. The predicted molar refractivity (Wildman–Crippen MR) is 70.8 cm³/mol. The molecule has 0 N–H and O–H groups in total. The van der Waals surface area contributed by atoms with Gasteiger partial charge >= 0.3 is 0 Å². The number of halogens is 2. The Balaban J connectivity index is 3.75. The maximum absolute atomic E-state index is 11.6. The molecule has 1 aromatic carbocycles. The normalized spacial score (nSPS) is 10.7. The lowest BCUT2D eigenvalue weighted by Crippen LogP contribution is -2.02. The van der Waals surface area contributed by atoms with Gasteiger partial charge in [0.25, 0.3) is 0 Å². The molecule has 0 aromatic heterocycles. The van der Waals surface area contributed by atoms with Gasteiger partial charge in [-0.25, -0.2) is 0 Å². The highest BCUT2D eigenvalue weighted by Gasteiger charge is 2.27. The zero-order valence-corrected chi connectivity index (χ0v) is 12.5. The minimum Gasteiger partial charge on any atom is -0.491 e. The van der Waals surface area contributed by atoms with Crippen molar-refractivity contribution in [3.63, 3.8) is 0 Å². The van der Waals surface area contributed by atoms with Gasteiger partial charge in [0, 0.05) is 0 Å². The minimum absolute atomic E-state index is 0.0477. The highest BCUT2D eigenvalue weighted by Crippen LogP contribution is 2.50. The fourth-order valence-corrected chi connectivity index (χ4v) is 2.79. The van der Waals surface area contributed by atoms with Crippen molar-refractivity contribution in [2.45, 2.75) is 0 Å². The smallest absolute Gasteiger partial charge is 0.218 e. The van der Waals surface area contributed by atoms with Crippen molar-refractivity contribution in [2.24, 2.45) is 0 Å². The molecule has 1 rings (SSSR count). The molecule has 0 heterocycles. The van der Waals surface area contributed by atoms with Crippen LogP contribution in [0.1, 0.15) is 10.4 Å². The first-order chi connectivity index (χ1) is 8.53. The fourth-order valence-electron chi connectivity index (χ4n) is 1.45. The topological polar surface area (TPSA) is 61.8 Å². The lowest BCUT2D eigenvalue weighted by atomic mass is 10.2. The van der Waals surface area contributed by atoms with Crippen molar-refractivity contribution < 1.29 is 23.6 Å². The second kappa shape index (κ2) is 6.32. The maximum atomic E-state index is 11.6. The second-order valence-electron chi connectivity index (χ2n) is 3.08. The average molecular weight is 313 g/mol. The average Bonchev–Trinajstić information content (AvgIpc) is 2.37. The summed E-state index contributed by atoms with van der Waals surface area (Å²) in [4.78, 5) is 11.6. The summed E-state index contributed by atoms with van der Waals surface area (Å²) in [5.41, 5.74) is -0.748. The van der Waals surface area contributed by atoms with E-state index in [1.165, 1.54) is 21.3 Å². The molecule has 5 nitrogen and oxygen atoms in total. The van der Waals surface area contributed by atoms with Crippen molar-refractivity contribution >= 4 is 37.2 Å². The summed E-state index contributed by atoms with van der Waals surface area (Å²) in [6.45, 7) is 0. The Bertz CT molecular complexity index is 473. The highest BCUT2D eigenvalue weighted by molar-refractivity contribution is 7.47. The molecule has 1 unspecified atom stereocenters. The monoisotopic (exact) mass is 312 g/mol. The first-order valence-corrected chi connectivity index (χ1v) is 6.50. The van der Waals surface area contributed by atoms with E-state index in [2.05, 4.69) is 0 Å². The predicted octanol–water partition coefficient (Wildman–Crippen LogP) is 2.92. The van der Waals surface area contributed by atoms with Crippen molar-refractivity contribution in [1.82, 2.24) is 0 Å². The van der Waals surface area contributed by atoms with Crippen LogP contribution in [0.4, 0.5) is 0 Å². The Kier molecular flexibility index (Phi) is 5.32. The van der Waals surface area contributed by atoms with Crippen LogP contribution in [-0.4, -0.2) is 26.9 Å². The van der Waals surface area contributed by atoms with Gasteiger partial charge in [-0.3, -0.25) is 4.79 Å². The number of hydrogen-bond acceptors (Lipinski definition) is 5. The molecule has 0 aliphatic heterocycles. The number of hydrogen-bond donors (Lipinski definition) is 0. The fraction of sp³-hybridized carbons (Fsp3) is 0.300. The molecule has 0 saturated carbocycles. The van der Waals surface area contributed by atoms with Gasteiger partial charge in [0.15, 0.2) is 11.5 Å². The van der Waals surface area contributed by atoms with Crippen LogP contribution in [0.2, 0.25) is 10.0 Å². The number of methoxy groups -OCH3 is 3. The Morgan fingerprint density at radius 3 is 1.61 bits per heavy atom. The first kappa shape index (κ1) is 15.2. The molecule has 8 heteroatoms. The zero-order valence-electron chi connectivity index (χ0n) is 9.87. The van der Waals surface area contributed by atoms with E-state index in [0.717, 1.165) is 0 Å². The van der Waals surface area contributed by atoms with Gasteiger partial charge in [-0.05, 0) is 0 Å². The summed E-state index contributed by atoms with van der Waals surface area (Å²) >= 11 is 12.0. The van der Waals surface area contributed by atoms with Gasteiger partial charge in [0.05, 0.1) is 36.9 Å². The summed E-state index contributed by atoms with van der Waals surface area (Å²) in [5, 5.41) is -0.0954. The minimum atomic E-state index is -1.70. The molecular weight excluding hydrogens is 302 g/mol. The third kappa shape index (κ3) is 2.44. The summed E-state index contributed by atoms with van der Waals surface area (Å²) in [5.74, 6) is 0.390. The van der Waals surface area contributed by atoms with Gasteiger partial charge in [0.2, 0.25) is 11.3 Å². The van der Waals surface area contributed by atoms with Gasteiger partial charge in [-0.15, -0.1) is 0 Å². The van der Waals surface area contributed by atoms with Crippen LogP contribution in [0.3, 0.4) is 0 Å². The molecule has 0 fully saturated rings. The summed E-state index contributed by atoms with van der Waals surface area (Å²) in [7, 11) is 2.40. The van der Waals surface area contributed by atoms with Crippen LogP contribution < -0.4 is 14.2 Å². The molecule has 1 aromatic rings. The maximum Gasteiger partial charge on any atom is 0.218 e. The van der Waals surface area contributed by atoms with Gasteiger partial charge in [-0.2, -0.15) is 0 Å². The Morgan fingerprint density at radius 2 is 1.33 bits per heavy atom. The standard InChI is InChI=1S/C10H11Cl2O5P/c1-15-7-5(11)4(10(13)18-14)6(12)8(16-2)9(7)17-3/h18H2,1-3H3. The van der Waals surface area contributed by atoms with E-state index in [1.807, 2.05) is 0 Å². The highest BCUT2D eigenvalue weighted by atomic mass is 35.5. The van der Waals surface area contributed by atoms with Crippen molar-refractivity contribution in [2.75, 3.05) is 21.3 Å². The molecule has 0 aliphatic carbocycles. The third-order valence-corrected chi connectivity index (χ3v) is 3.44. The summed E-state index contributed by atoms with van der Waals surface area (Å²) in [6.07, 6.45) is 0. The van der Waals surface area contributed by atoms with Crippen LogP contribution in [0, 0.1) is 0 Å². The molecule has 0 spiro atoms.